The van der Waals surface area contributed by atoms with Crippen LogP contribution in [0, 0.1) is 12.8 Å². The highest BCUT2D eigenvalue weighted by atomic mass is 79.9. The van der Waals surface area contributed by atoms with Crippen molar-refractivity contribution in [2.24, 2.45) is 5.92 Å². The van der Waals surface area contributed by atoms with E-state index in [0.717, 1.165) is 17.5 Å². The zero-order chi connectivity index (χ0) is 12.3. The Morgan fingerprint density at radius 3 is 2.94 bits per heavy atom. The number of halogens is 1. The summed E-state index contributed by atoms with van der Waals surface area (Å²) in [5.74, 6) is 1.32. The van der Waals surface area contributed by atoms with Crippen LogP contribution in [0.2, 0.25) is 0 Å². The summed E-state index contributed by atoms with van der Waals surface area (Å²) in [6, 6.07) is 2.08. The SMILES string of the molecule is Cc1cc(C(=O)NC2CCCCC2CBr)co1. The van der Waals surface area contributed by atoms with E-state index in [2.05, 4.69) is 21.2 Å². The maximum absolute atomic E-state index is 12.0. The maximum atomic E-state index is 12.0. The van der Waals surface area contributed by atoms with Crippen molar-refractivity contribution < 1.29 is 9.21 Å². The number of nitrogens with one attached hydrogen (secondary N) is 1. The summed E-state index contributed by atoms with van der Waals surface area (Å²) in [6.07, 6.45) is 6.28. The average Bonchev–Trinajstić information content (AvgIpc) is 2.77. The first-order chi connectivity index (χ1) is 8.20. The van der Waals surface area contributed by atoms with E-state index in [-0.39, 0.29) is 5.91 Å². The number of carbonyl (C=O) groups excluding carboxylic acids is 1. The second-order valence-corrected chi connectivity index (χ2v) is 5.37. The molecule has 2 rings (SSSR count). The van der Waals surface area contributed by atoms with Gasteiger partial charge in [-0.3, -0.25) is 4.79 Å². The van der Waals surface area contributed by atoms with E-state index in [0.29, 0.717) is 17.5 Å². The number of aryl methyl sites for hydroxylation is 1. The van der Waals surface area contributed by atoms with Crippen LogP contribution in [0.5, 0.6) is 0 Å². The van der Waals surface area contributed by atoms with Gasteiger partial charge in [-0.2, -0.15) is 0 Å². The molecule has 0 saturated heterocycles. The van der Waals surface area contributed by atoms with Crippen LogP contribution in [0.25, 0.3) is 0 Å². The van der Waals surface area contributed by atoms with E-state index in [1.807, 2.05) is 6.92 Å². The Hall–Kier alpha value is -0.770. The molecule has 17 heavy (non-hydrogen) atoms. The van der Waals surface area contributed by atoms with Crippen LogP contribution in [0.1, 0.15) is 41.8 Å². The van der Waals surface area contributed by atoms with E-state index in [4.69, 9.17) is 4.42 Å². The minimum atomic E-state index is -0.0142. The van der Waals surface area contributed by atoms with Gasteiger partial charge in [-0.25, -0.2) is 0 Å². The fraction of sp³-hybridized carbons (Fsp3) is 0.615. The predicted octanol–water partition coefficient (Wildman–Crippen LogP) is 3.27. The molecule has 1 saturated carbocycles. The van der Waals surface area contributed by atoms with Crippen molar-refractivity contribution in [1.82, 2.24) is 5.32 Å². The van der Waals surface area contributed by atoms with E-state index in [1.54, 1.807) is 6.07 Å². The van der Waals surface area contributed by atoms with Crippen molar-refractivity contribution in [2.75, 3.05) is 5.33 Å². The highest BCUT2D eigenvalue weighted by Crippen LogP contribution is 2.26. The molecule has 0 bridgehead atoms. The van der Waals surface area contributed by atoms with Crippen molar-refractivity contribution >= 4 is 21.8 Å². The van der Waals surface area contributed by atoms with Crippen molar-refractivity contribution in [3.05, 3.63) is 23.7 Å². The lowest BCUT2D eigenvalue weighted by Gasteiger charge is -2.30. The predicted molar refractivity (Wildman–Crippen MR) is 70.5 cm³/mol. The van der Waals surface area contributed by atoms with Gasteiger partial charge in [0.2, 0.25) is 0 Å². The molecule has 0 radical (unpaired) electrons. The second kappa shape index (κ2) is 5.71. The van der Waals surface area contributed by atoms with Crippen LogP contribution in [-0.2, 0) is 0 Å². The minimum absolute atomic E-state index is 0.0142. The largest absolute Gasteiger partial charge is 0.469 e. The third-order valence-electron chi connectivity index (χ3n) is 3.42. The summed E-state index contributed by atoms with van der Waals surface area (Å²) in [5.41, 5.74) is 0.626. The molecule has 0 aromatic carbocycles. The molecular formula is C13H18BrNO2. The van der Waals surface area contributed by atoms with Crippen LogP contribution < -0.4 is 5.32 Å². The number of hydrogen-bond acceptors (Lipinski definition) is 2. The summed E-state index contributed by atoms with van der Waals surface area (Å²) < 4.78 is 5.16. The molecule has 1 aliphatic carbocycles. The zero-order valence-electron chi connectivity index (χ0n) is 10.0. The number of rotatable bonds is 3. The molecule has 1 heterocycles. The number of carbonyl (C=O) groups is 1. The van der Waals surface area contributed by atoms with Crippen LogP contribution in [0.3, 0.4) is 0 Å². The Labute approximate surface area is 110 Å². The number of alkyl halides is 1. The lowest BCUT2D eigenvalue weighted by molar-refractivity contribution is 0.0911. The Morgan fingerprint density at radius 1 is 1.53 bits per heavy atom. The minimum Gasteiger partial charge on any atom is -0.469 e. The molecule has 0 spiro atoms. The molecule has 1 aliphatic rings. The number of furan rings is 1. The molecule has 2 atom stereocenters. The smallest absolute Gasteiger partial charge is 0.254 e. The van der Waals surface area contributed by atoms with Gasteiger partial charge in [0.15, 0.2) is 0 Å². The lowest BCUT2D eigenvalue weighted by atomic mass is 9.86. The van der Waals surface area contributed by atoms with Gasteiger partial charge in [-0.15, -0.1) is 0 Å². The van der Waals surface area contributed by atoms with E-state index in [1.165, 1.54) is 25.5 Å². The molecule has 0 aliphatic heterocycles. The summed E-state index contributed by atoms with van der Waals surface area (Å²) in [6.45, 7) is 1.85. The van der Waals surface area contributed by atoms with Crippen LogP contribution in [0.15, 0.2) is 16.7 Å². The summed E-state index contributed by atoms with van der Waals surface area (Å²) in [4.78, 5) is 12.0. The fourth-order valence-electron chi connectivity index (χ4n) is 2.40. The third-order valence-corrected chi connectivity index (χ3v) is 4.25. The first kappa shape index (κ1) is 12.7. The van der Waals surface area contributed by atoms with Crippen LogP contribution >= 0.6 is 15.9 Å². The molecule has 1 fully saturated rings. The second-order valence-electron chi connectivity index (χ2n) is 4.72. The maximum Gasteiger partial charge on any atom is 0.254 e. The first-order valence-corrected chi connectivity index (χ1v) is 7.25. The van der Waals surface area contributed by atoms with Crippen molar-refractivity contribution in [2.45, 2.75) is 38.6 Å². The van der Waals surface area contributed by atoms with Crippen molar-refractivity contribution in [3.8, 4) is 0 Å². The molecule has 1 aromatic heterocycles. The number of hydrogen-bond donors (Lipinski definition) is 1. The van der Waals surface area contributed by atoms with Gasteiger partial charge in [-0.05, 0) is 31.7 Å². The molecular weight excluding hydrogens is 282 g/mol. The molecule has 2 unspecified atom stereocenters. The fourth-order valence-corrected chi connectivity index (χ4v) is 3.17. The number of amides is 1. The first-order valence-electron chi connectivity index (χ1n) is 6.12. The van der Waals surface area contributed by atoms with Crippen molar-refractivity contribution in [1.29, 1.82) is 0 Å². The van der Waals surface area contributed by atoms with Gasteiger partial charge in [0.05, 0.1) is 5.56 Å². The van der Waals surface area contributed by atoms with Gasteiger partial charge in [-0.1, -0.05) is 28.8 Å². The Kier molecular flexibility index (Phi) is 4.26. The molecule has 1 N–H and O–H groups in total. The Bertz CT molecular complexity index is 389. The van der Waals surface area contributed by atoms with E-state index in [9.17, 15) is 4.79 Å². The molecule has 94 valence electrons. The third kappa shape index (κ3) is 3.12. The summed E-state index contributed by atoms with van der Waals surface area (Å²) in [7, 11) is 0. The van der Waals surface area contributed by atoms with Crippen LogP contribution in [0.4, 0.5) is 0 Å². The monoisotopic (exact) mass is 299 g/mol. The molecule has 1 aromatic rings. The van der Waals surface area contributed by atoms with Crippen molar-refractivity contribution in [3.63, 3.8) is 0 Å². The van der Waals surface area contributed by atoms with Gasteiger partial charge < -0.3 is 9.73 Å². The summed E-state index contributed by atoms with van der Waals surface area (Å²) >= 11 is 3.53. The average molecular weight is 300 g/mol. The Balaban J connectivity index is 1.97. The topological polar surface area (TPSA) is 42.2 Å². The summed E-state index contributed by atoms with van der Waals surface area (Å²) in [5, 5.41) is 4.08. The molecule has 4 heteroatoms. The zero-order valence-corrected chi connectivity index (χ0v) is 11.6. The van der Waals surface area contributed by atoms with E-state index < -0.39 is 0 Å². The molecule has 1 amide bonds. The van der Waals surface area contributed by atoms with Gasteiger partial charge in [0.25, 0.3) is 5.91 Å². The highest BCUT2D eigenvalue weighted by Gasteiger charge is 2.26. The highest BCUT2D eigenvalue weighted by molar-refractivity contribution is 9.09. The van der Waals surface area contributed by atoms with Crippen LogP contribution in [-0.4, -0.2) is 17.3 Å². The van der Waals surface area contributed by atoms with Gasteiger partial charge >= 0.3 is 0 Å². The standard InChI is InChI=1S/C13H18BrNO2/c1-9-6-11(8-17-9)13(16)15-12-5-3-2-4-10(12)7-14/h6,8,10,12H,2-5,7H2,1H3,(H,15,16). The van der Waals surface area contributed by atoms with Gasteiger partial charge in [0.1, 0.15) is 12.0 Å². The quantitative estimate of drug-likeness (QED) is 0.871. The normalized spacial score (nSPS) is 24.6. The molecule has 3 nitrogen and oxygen atoms in total. The lowest BCUT2D eigenvalue weighted by Crippen LogP contribution is -2.42. The van der Waals surface area contributed by atoms with Gasteiger partial charge in [0, 0.05) is 11.4 Å². The van der Waals surface area contributed by atoms with E-state index >= 15 is 0 Å². The Morgan fingerprint density at radius 2 is 2.29 bits per heavy atom.